The van der Waals surface area contributed by atoms with E-state index in [0.29, 0.717) is 6.42 Å². The predicted octanol–water partition coefficient (Wildman–Crippen LogP) is 2.33. The Morgan fingerprint density at radius 2 is 1.49 bits per heavy atom. The Morgan fingerprint density at radius 1 is 0.909 bits per heavy atom. The van der Waals surface area contributed by atoms with Gasteiger partial charge in [-0.25, -0.2) is 0 Å². The lowest BCUT2D eigenvalue weighted by atomic mass is 9.77. The van der Waals surface area contributed by atoms with Crippen molar-refractivity contribution in [2.24, 2.45) is 23.7 Å². The minimum absolute atomic E-state index is 0.0613. The molecular weight excluding hydrogens is 740 g/mol. The average Bonchev–Trinajstić information content (AvgIpc) is 3.83. The summed E-state index contributed by atoms with van der Waals surface area (Å²) in [5.74, 6) is 1.45. The lowest BCUT2D eigenvalue weighted by Crippen LogP contribution is -2.70. The predicted molar refractivity (Wildman–Crippen MR) is 198 cm³/mol. The van der Waals surface area contributed by atoms with Gasteiger partial charge in [0, 0.05) is 50.2 Å². The molecule has 1 saturated carbocycles. The van der Waals surface area contributed by atoms with E-state index < -0.39 is 108 Å². The van der Waals surface area contributed by atoms with Crippen molar-refractivity contribution >= 4 is 17.6 Å². The van der Waals surface area contributed by atoms with Gasteiger partial charge in [0.05, 0.1) is 30.5 Å². The quantitative estimate of drug-likeness (QED) is 0.109. The highest BCUT2D eigenvalue weighted by Crippen LogP contribution is 2.45. The lowest BCUT2D eigenvalue weighted by molar-refractivity contribution is -0.402. The smallest absolute Gasteiger partial charge is 0.314 e. The van der Waals surface area contributed by atoms with Gasteiger partial charge < -0.3 is 63.4 Å². The maximum Gasteiger partial charge on any atom is 0.314 e. The van der Waals surface area contributed by atoms with Crippen molar-refractivity contribution in [2.75, 3.05) is 14.2 Å². The Morgan fingerprint density at radius 3 is 2.05 bits per heavy atom. The zero-order valence-electron chi connectivity index (χ0n) is 33.5. The summed E-state index contributed by atoms with van der Waals surface area (Å²) in [5.41, 5.74) is -2.91. The van der Waals surface area contributed by atoms with E-state index in [4.69, 9.17) is 49.5 Å². The number of hydrogen-bond acceptors (Lipinski definition) is 14. The van der Waals surface area contributed by atoms with Gasteiger partial charge in [-0.05, 0) is 60.1 Å². The second-order valence-electron chi connectivity index (χ2n) is 16.6. The van der Waals surface area contributed by atoms with Crippen molar-refractivity contribution in [3.05, 3.63) is 23.8 Å². The molecule has 1 aliphatic carbocycles. The monoisotopic (exact) mass is 800 g/mol. The first-order valence-electron chi connectivity index (χ1n) is 19.2. The number of fused-ring (bicyclic) bond motifs is 2. The number of cyclic esters (lactones) is 1. The number of esters is 1. The number of allylic oxidation sites excluding steroid dienone is 1. The van der Waals surface area contributed by atoms with Gasteiger partial charge in [-0.2, -0.15) is 0 Å². The molecule has 55 heavy (non-hydrogen) atoms. The van der Waals surface area contributed by atoms with Crippen molar-refractivity contribution in [1.82, 2.24) is 0 Å². The number of methoxy groups -OCH3 is 2. The largest absolute Gasteiger partial charge is 0.457 e. The van der Waals surface area contributed by atoms with Crippen LogP contribution in [0.4, 0.5) is 0 Å². The highest BCUT2D eigenvalue weighted by Gasteiger charge is 2.60. The van der Waals surface area contributed by atoms with Crippen LogP contribution in [0.3, 0.4) is 0 Å². The molecule has 4 aliphatic heterocycles. The zero-order valence-corrected chi connectivity index (χ0v) is 34.2. The fraction of sp³-hybridized carbons (Fsp3) is 0.825. The van der Waals surface area contributed by atoms with Gasteiger partial charge in [-0.3, -0.25) is 4.79 Å². The Labute approximate surface area is 329 Å². The minimum atomic E-state index is -2.09. The van der Waals surface area contributed by atoms with Crippen molar-refractivity contribution < 1.29 is 68.2 Å². The van der Waals surface area contributed by atoms with Gasteiger partial charge in [0.2, 0.25) is 0 Å². The van der Waals surface area contributed by atoms with Crippen molar-refractivity contribution in [1.29, 1.82) is 0 Å². The van der Waals surface area contributed by atoms with Crippen LogP contribution >= 0.6 is 11.6 Å². The molecule has 14 nitrogen and oxygen atoms in total. The molecule has 0 aromatic heterocycles. The number of alkyl halides is 1. The fourth-order valence-corrected chi connectivity index (χ4v) is 8.49. The van der Waals surface area contributed by atoms with E-state index in [2.05, 4.69) is 11.8 Å². The van der Waals surface area contributed by atoms with E-state index in [1.807, 2.05) is 26.8 Å². The van der Waals surface area contributed by atoms with Crippen LogP contribution in [0, 0.1) is 35.5 Å². The van der Waals surface area contributed by atoms with E-state index in [9.17, 15) is 30.3 Å². The summed E-state index contributed by atoms with van der Waals surface area (Å²) in [6, 6.07) is 0. The van der Waals surface area contributed by atoms with E-state index >= 15 is 0 Å². The Bertz CT molecular complexity index is 1470. The normalized spacial score (nSPS) is 51.8. The van der Waals surface area contributed by atoms with Gasteiger partial charge >= 0.3 is 5.97 Å². The second-order valence-corrected chi connectivity index (χ2v) is 17.2. The summed E-state index contributed by atoms with van der Waals surface area (Å²) in [6.07, 6.45) is -6.46. The highest BCUT2D eigenvalue weighted by molar-refractivity contribution is 6.22. The van der Waals surface area contributed by atoms with Crippen molar-refractivity contribution in [3.63, 3.8) is 0 Å². The first-order chi connectivity index (χ1) is 25.7. The van der Waals surface area contributed by atoms with Crippen LogP contribution < -0.4 is 0 Å². The van der Waals surface area contributed by atoms with E-state index in [-0.39, 0.29) is 23.6 Å². The third-order valence-electron chi connectivity index (χ3n) is 12.2. The van der Waals surface area contributed by atoms with Gasteiger partial charge in [0.25, 0.3) is 0 Å². The number of hydrogen-bond donors (Lipinski definition) is 5. The third kappa shape index (κ3) is 9.31. The van der Waals surface area contributed by atoms with Crippen LogP contribution in [-0.4, -0.2) is 142 Å². The Kier molecular flexibility index (Phi) is 14.0. The molecule has 4 fully saturated rings. The molecule has 4 heterocycles. The van der Waals surface area contributed by atoms with Crippen LogP contribution in [0.15, 0.2) is 23.8 Å². The molecule has 5 N–H and O–H groups in total. The fourth-order valence-electron chi connectivity index (χ4n) is 8.24. The number of rotatable bonds is 7. The summed E-state index contributed by atoms with van der Waals surface area (Å²) in [7, 11) is 2.91. The summed E-state index contributed by atoms with van der Waals surface area (Å²) < 4.78 is 49.1. The topological polar surface area (TPSA) is 192 Å². The summed E-state index contributed by atoms with van der Waals surface area (Å²) in [4.78, 5) is 13.8. The van der Waals surface area contributed by atoms with Gasteiger partial charge in [-0.1, -0.05) is 37.3 Å². The number of ether oxygens (including phenoxy) is 8. The molecule has 2 bridgehead atoms. The molecule has 0 radical (unpaired) electrons. The molecule has 3 saturated heterocycles. The number of carbonyl (C=O) groups is 1. The average molecular weight is 801 g/mol. The molecule has 0 amide bonds. The number of halogens is 1. The van der Waals surface area contributed by atoms with E-state index in [1.54, 1.807) is 33.1 Å². The van der Waals surface area contributed by atoms with Gasteiger partial charge in [0.15, 0.2) is 18.4 Å². The van der Waals surface area contributed by atoms with Crippen molar-refractivity contribution in [3.8, 4) is 11.8 Å². The molecule has 5 rings (SSSR count). The molecule has 0 unspecified atom stereocenters. The van der Waals surface area contributed by atoms with Gasteiger partial charge in [-0.15, -0.1) is 11.6 Å². The minimum Gasteiger partial charge on any atom is -0.457 e. The lowest BCUT2D eigenvalue weighted by Gasteiger charge is -2.54. The highest BCUT2D eigenvalue weighted by atomic mass is 35.5. The number of aliphatic hydroxyl groups is 5. The Hall–Kier alpha value is -1.68. The van der Waals surface area contributed by atoms with Crippen LogP contribution in [0.2, 0.25) is 0 Å². The van der Waals surface area contributed by atoms with E-state index in [0.717, 1.165) is 12.0 Å². The molecule has 5 aliphatic rings. The maximum absolute atomic E-state index is 13.8. The third-order valence-corrected chi connectivity index (χ3v) is 12.6. The molecule has 20 atom stereocenters. The van der Waals surface area contributed by atoms with E-state index in [1.165, 1.54) is 27.9 Å². The molecule has 0 spiro atoms. The SMILES string of the molecule is CO[C@@H]1/C=C(\C)C[C@H](/C=C/C#C[C@H]2C[C@@H]2Cl)OC(=O)[C@@H](C)[C@]2(O)C[C@H](O[C@@H]3O[C@@H](C)[C@H](O)[C@@](C)(O)[C@H]3O[C@@H]3O[C@@H](C)[C@H](O)[C@@](C)(O)[C@H]3OC)[C@@H](C)[C@@H](O2)[C@@H]1C. The van der Waals surface area contributed by atoms with Crippen molar-refractivity contribution in [2.45, 2.75) is 171 Å². The molecular formula is C40H61ClO14. The number of aliphatic hydroxyl groups excluding tert-OH is 2. The zero-order chi connectivity index (χ0) is 40.8. The first kappa shape index (κ1) is 44.4. The van der Waals surface area contributed by atoms with Crippen LogP contribution in [-0.2, 0) is 42.7 Å². The summed E-state index contributed by atoms with van der Waals surface area (Å²) in [6.45, 7) is 13.2. The second kappa shape index (κ2) is 17.3. The first-order valence-corrected chi connectivity index (χ1v) is 19.7. The van der Waals surface area contributed by atoms with Crippen LogP contribution in [0.5, 0.6) is 0 Å². The maximum atomic E-state index is 13.8. The molecule has 0 aromatic rings. The molecule has 312 valence electrons. The summed E-state index contributed by atoms with van der Waals surface area (Å²) in [5, 5.41) is 57.2. The number of carbonyl (C=O) groups excluding carboxylic acids is 1. The Balaban J connectivity index is 1.47. The van der Waals surface area contributed by atoms with Crippen LogP contribution in [0.25, 0.3) is 0 Å². The van der Waals surface area contributed by atoms with Crippen LogP contribution in [0.1, 0.15) is 74.7 Å². The summed E-state index contributed by atoms with van der Waals surface area (Å²) >= 11 is 6.09. The van der Waals surface area contributed by atoms with Gasteiger partial charge in [0.1, 0.15) is 47.6 Å². The molecule has 0 aromatic carbocycles. The standard InChI is InChI=1S/C40H61ClO14/c1-19-15-26(14-12-11-13-25-17-27(25)41)52-35(44)22(4)40(47)18-29(21(3)30(55-40)20(2)28(16-19)48-9)53-37-34(39(8,46)32(43)24(6)51-37)54-36-33(49-10)38(7,45)31(42)23(5)50-36/h12,14,16,20-34,36-37,42-43,45-47H,15,17-18H2,1-10H3/b14-12+,19-16+/t20-,21-,22-,23+,24+,25+,26+,27+,28-,29+,30+,31+,32+,33+,34+,36+,37+,38-,39-,40+/m1/s1. The molecule has 15 heteroatoms.